The minimum atomic E-state index is -0.596. The maximum atomic E-state index is 9.94. The molecular weight excluding hydrogens is 280 g/mol. The number of rotatable bonds is 4. The topological polar surface area (TPSA) is 29.5 Å². The van der Waals surface area contributed by atoms with Gasteiger partial charge in [0.1, 0.15) is 5.75 Å². The molecule has 2 nitrogen and oxygen atoms in total. The van der Waals surface area contributed by atoms with Crippen LogP contribution in [0.15, 0.2) is 52.3 Å². The van der Waals surface area contributed by atoms with E-state index in [4.69, 9.17) is 16.3 Å². The zero-order valence-corrected chi connectivity index (χ0v) is 12.3. The number of aliphatic hydroxyl groups is 1. The van der Waals surface area contributed by atoms with Crippen LogP contribution >= 0.6 is 23.4 Å². The Morgan fingerprint density at radius 3 is 2.42 bits per heavy atom. The number of aliphatic hydroxyl groups excluding tert-OH is 1. The van der Waals surface area contributed by atoms with E-state index in [9.17, 15) is 5.11 Å². The van der Waals surface area contributed by atoms with Crippen molar-refractivity contribution in [3.05, 3.63) is 53.1 Å². The van der Waals surface area contributed by atoms with Crippen molar-refractivity contribution in [2.24, 2.45) is 0 Å². The third kappa shape index (κ3) is 3.24. The molecule has 0 amide bonds. The predicted molar refractivity (Wildman–Crippen MR) is 79.2 cm³/mol. The summed E-state index contributed by atoms with van der Waals surface area (Å²) >= 11 is 7.69. The monoisotopic (exact) mass is 294 g/mol. The fourth-order valence-electron chi connectivity index (χ4n) is 1.85. The molecule has 100 valence electrons. The van der Waals surface area contributed by atoms with Gasteiger partial charge in [0, 0.05) is 15.4 Å². The highest BCUT2D eigenvalue weighted by Crippen LogP contribution is 2.40. The normalized spacial score (nSPS) is 12.2. The van der Waals surface area contributed by atoms with Gasteiger partial charge in [0.15, 0.2) is 0 Å². The van der Waals surface area contributed by atoms with Crippen molar-refractivity contribution < 1.29 is 9.84 Å². The van der Waals surface area contributed by atoms with E-state index < -0.39 is 6.10 Å². The van der Waals surface area contributed by atoms with E-state index in [2.05, 4.69) is 0 Å². The molecule has 0 unspecified atom stereocenters. The van der Waals surface area contributed by atoms with Gasteiger partial charge in [-0.2, -0.15) is 0 Å². The first kappa shape index (κ1) is 14.3. The van der Waals surface area contributed by atoms with E-state index in [1.165, 1.54) is 11.8 Å². The highest BCUT2D eigenvalue weighted by Gasteiger charge is 2.15. The Hall–Kier alpha value is -1.16. The standard InChI is InChI=1S/C15H15ClO2S/c1-10(17)15-12(18-2)7-5-9-14(15)19-13-8-4-3-6-11(13)16/h3-10,17H,1-2H3/t10-/m1/s1. The summed E-state index contributed by atoms with van der Waals surface area (Å²) in [7, 11) is 1.60. The second-order valence-electron chi connectivity index (χ2n) is 4.08. The molecule has 0 bridgehead atoms. The summed E-state index contributed by atoms with van der Waals surface area (Å²) in [5.41, 5.74) is 0.787. The number of ether oxygens (including phenoxy) is 1. The number of hydrogen-bond acceptors (Lipinski definition) is 3. The third-order valence-electron chi connectivity index (χ3n) is 2.72. The smallest absolute Gasteiger partial charge is 0.125 e. The molecule has 0 aromatic heterocycles. The van der Waals surface area contributed by atoms with Gasteiger partial charge in [0.2, 0.25) is 0 Å². The van der Waals surface area contributed by atoms with Crippen LogP contribution in [0.1, 0.15) is 18.6 Å². The molecule has 0 aliphatic heterocycles. The van der Waals surface area contributed by atoms with E-state index in [1.54, 1.807) is 14.0 Å². The first-order chi connectivity index (χ1) is 9.13. The summed E-state index contributed by atoms with van der Waals surface area (Å²) in [5.74, 6) is 0.687. The van der Waals surface area contributed by atoms with E-state index in [0.717, 1.165) is 15.4 Å². The van der Waals surface area contributed by atoms with Gasteiger partial charge < -0.3 is 9.84 Å². The van der Waals surface area contributed by atoms with Gasteiger partial charge in [-0.25, -0.2) is 0 Å². The third-order valence-corrected chi connectivity index (χ3v) is 4.31. The quantitative estimate of drug-likeness (QED) is 0.897. The van der Waals surface area contributed by atoms with Gasteiger partial charge in [-0.3, -0.25) is 0 Å². The summed E-state index contributed by atoms with van der Waals surface area (Å²) in [4.78, 5) is 1.90. The van der Waals surface area contributed by atoms with Crippen molar-refractivity contribution in [3.8, 4) is 5.75 Å². The highest BCUT2D eigenvalue weighted by atomic mass is 35.5. The zero-order chi connectivity index (χ0) is 13.8. The molecule has 4 heteroatoms. The number of halogens is 1. The maximum absolute atomic E-state index is 9.94. The molecule has 0 radical (unpaired) electrons. The summed E-state index contributed by atoms with van der Waals surface area (Å²) in [6.07, 6.45) is -0.596. The van der Waals surface area contributed by atoms with Crippen LogP contribution in [0.5, 0.6) is 5.75 Å². The molecule has 0 saturated carbocycles. The van der Waals surface area contributed by atoms with Crippen LogP contribution in [0, 0.1) is 0 Å². The maximum Gasteiger partial charge on any atom is 0.125 e. The lowest BCUT2D eigenvalue weighted by Crippen LogP contribution is -1.98. The van der Waals surface area contributed by atoms with Crippen molar-refractivity contribution in [2.45, 2.75) is 22.8 Å². The Balaban J connectivity index is 2.43. The van der Waals surface area contributed by atoms with E-state index >= 15 is 0 Å². The second kappa shape index (κ2) is 6.33. The molecule has 2 aromatic carbocycles. The second-order valence-corrected chi connectivity index (χ2v) is 5.57. The molecule has 0 spiro atoms. The van der Waals surface area contributed by atoms with Crippen molar-refractivity contribution in [2.75, 3.05) is 7.11 Å². The van der Waals surface area contributed by atoms with Crippen molar-refractivity contribution in [3.63, 3.8) is 0 Å². The minimum Gasteiger partial charge on any atom is -0.496 e. The van der Waals surface area contributed by atoms with Crippen molar-refractivity contribution in [1.29, 1.82) is 0 Å². The predicted octanol–water partition coefficient (Wildman–Crippen LogP) is 4.55. The van der Waals surface area contributed by atoms with Crippen molar-refractivity contribution >= 4 is 23.4 Å². The summed E-state index contributed by atoms with van der Waals surface area (Å²) in [6, 6.07) is 13.4. The first-order valence-electron chi connectivity index (χ1n) is 5.91. The van der Waals surface area contributed by atoms with E-state index in [-0.39, 0.29) is 0 Å². The number of hydrogen-bond donors (Lipinski definition) is 1. The minimum absolute atomic E-state index is 0.596. The number of methoxy groups -OCH3 is 1. The molecule has 0 heterocycles. The summed E-state index contributed by atoms with van der Waals surface area (Å²) in [6.45, 7) is 1.73. The zero-order valence-electron chi connectivity index (χ0n) is 10.8. The van der Waals surface area contributed by atoms with Gasteiger partial charge in [-0.1, -0.05) is 41.6 Å². The van der Waals surface area contributed by atoms with E-state index in [0.29, 0.717) is 10.8 Å². The largest absolute Gasteiger partial charge is 0.496 e. The summed E-state index contributed by atoms with van der Waals surface area (Å²) in [5, 5.41) is 10.6. The molecule has 2 rings (SSSR count). The SMILES string of the molecule is COc1cccc(Sc2ccccc2Cl)c1[C@@H](C)O. The van der Waals surface area contributed by atoms with Gasteiger partial charge in [-0.15, -0.1) is 0 Å². The van der Waals surface area contributed by atoms with E-state index in [1.807, 2.05) is 42.5 Å². The Kier molecular flexibility index (Phi) is 4.75. The molecular formula is C15H15ClO2S. The lowest BCUT2D eigenvalue weighted by Gasteiger charge is -2.16. The van der Waals surface area contributed by atoms with Gasteiger partial charge in [0.05, 0.1) is 18.2 Å². The molecule has 2 aromatic rings. The van der Waals surface area contributed by atoms with Gasteiger partial charge in [-0.05, 0) is 31.2 Å². The molecule has 1 N–H and O–H groups in total. The van der Waals surface area contributed by atoms with Crippen LogP contribution in [0.2, 0.25) is 5.02 Å². The number of benzene rings is 2. The Bertz CT molecular complexity index is 570. The fourth-order valence-corrected chi connectivity index (χ4v) is 3.18. The van der Waals surface area contributed by atoms with Crippen molar-refractivity contribution in [1.82, 2.24) is 0 Å². The average Bonchev–Trinajstić information content (AvgIpc) is 2.40. The lowest BCUT2D eigenvalue weighted by molar-refractivity contribution is 0.191. The molecule has 0 fully saturated rings. The Morgan fingerprint density at radius 1 is 1.11 bits per heavy atom. The molecule has 0 saturated heterocycles. The van der Waals surface area contributed by atoms with Gasteiger partial charge in [0.25, 0.3) is 0 Å². The average molecular weight is 295 g/mol. The van der Waals surface area contributed by atoms with Crippen LogP contribution < -0.4 is 4.74 Å². The van der Waals surface area contributed by atoms with Crippen LogP contribution in [0.25, 0.3) is 0 Å². The van der Waals surface area contributed by atoms with Crippen LogP contribution in [-0.2, 0) is 0 Å². The lowest BCUT2D eigenvalue weighted by atomic mass is 10.1. The first-order valence-corrected chi connectivity index (χ1v) is 7.10. The van der Waals surface area contributed by atoms with Crippen LogP contribution in [-0.4, -0.2) is 12.2 Å². The summed E-state index contributed by atoms with van der Waals surface area (Å²) < 4.78 is 5.31. The van der Waals surface area contributed by atoms with Gasteiger partial charge >= 0.3 is 0 Å². The fraction of sp³-hybridized carbons (Fsp3) is 0.200. The molecule has 19 heavy (non-hydrogen) atoms. The highest BCUT2D eigenvalue weighted by molar-refractivity contribution is 7.99. The van der Waals surface area contributed by atoms with Crippen LogP contribution in [0.4, 0.5) is 0 Å². The van der Waals surface area contributed by atoms with Crippen LogP contribution in [0.3, 0.4) is 0 Å². The molecule has 0 aliphatic rings. The molecule has 1 atom stereocenters. The Labute approximate surface area is 122 Å². The Morgan fingerprint density at radius 2 is 1.79 bits per heavy atom. The molecule has 0 aliphatic carbocycles.